The average molecular weight is 446 g/mol. The number of rotatable bonds is 3. The number of carbonyl (C=O) groups excluding carboxylic acids is 2. The van der Waals surface area contributed by atoms with E-state index in [1.54, 1.807) is 23.1 Å². The number of benzene rings is 2. The number of halogens is 2. The van der Waals surface area contributed by atoms with Gasteiger partial charge in [0.15, 0.2) is 0 Å². The molecule has 5 nitrogen and oxygen atoms in total. The fourth-order valence-corrected chi connectivity index (χ4v) is 4.73. The molecule has 2 aromatic carbocycles. The highest BCUT2D eigenvalue weighted by atomic mass is 35.5. The molecule has 0 aromatic heterocycles. The Morgan fingerprint density at radius 3 is 2.10 bits per heavy atom. The number of hydrogen-bond acceptors (Lipinski definition) is 3. The first-order valence-corrected chi connectivity index (χ1v) is 11.1. The number of piperazine rings is 1. The maximum Gasteiger partial charge on any atom is 0.255 e. The molecule has 2 aromatic rings. The monoisotopic (exact) mass is 445 g/mol. The van der Waals surface area contributed by atoms with Crippen LogP contribution >= 0.6 is 23.2 Å². The van der Waals surface area contributed by atoms with Crippen LogP contribution in [0.15, 0.2) is 48.5 Å². The number of likely N-dealkylation sites (tertiary alicyclic amines) is 1. The number of nitrogens with zero attached hydrogens (tertiary/aromatic N) is 3. The predicted molar refractivity (Wildman–Crippen MR) is 120 cm³/mol. The van der Waals surface area contributed by atoms with Gasteiger partial charge in [-0.05, 0) is 43.2 Å². The Bertz CT molecular complexity index is 906. The summed E-state index contributed by atoms with van der Waals surface area (Å²) in [6, 6.07) is 15.2. The lowest BCUT2D eigenvalue weighted by molar-refractivity contribution is -0.137. The maximum absolute atomic E-state index is 13.0. The topological polar surface area (TPSA) is 43.9 Å². The van der Waals surface area contributed by atoms with Crippen LogP contribution in [0.4, 0.5) is 5.69 Å². The third-order valence-corrected chi connectivity index (χ3v) is 6.55. The van der Waals surface area contributed by atoms with Crippen LogP contribution in [0.3, 0.4) is 0 Å². The van der Waals surface area contributed by atoms with Crippen molar-refractivity contribution >= 4 is 40.7 Å². The zero-order valence-electron chi connectivity index (χ0n) is 16.8. The van der Waals surface area contributed by atoms with Crippen LogP contribution in [0.5, 0.6) is 0 Å². The van der Waals surface area contributed by atoms with Crippen LogP contribution in [0.25, 0.3) is 0 Å². The predicted octanol–water partition coefficient (Wildman–Crippen LogP) is 4.19. The molecule has 0 atom stereocenters. The zero-order valence-corrected chi connectivity index (χ0v) is 18.3. The Kier molecular flexibility index (Phi) is 6.49. The molecule has 0 unspecified atom stereocenters. The van der Waals surface area contributed by atoms with E-state index in [0.29, 0.717) is 41.5 Å². The first-order valence-electron chi connectivity index (χ1n) is 10.4. The summed E-state index contributed by atoms with van der Waals surface area (Å²) >= 11 is 12.1. The van der Waals surface area contributed by atoms with Gasteiger partial charge in [-0.15, -0.1) is 0 Å². The summed E-state index contributed by atoms with van der Waals surface area (Å²) in [5.74, 6) is 0.108. The molecule has 158 valence electrons. The minimum Gasteiger partial charge on any atom is -0.368 e. The molecule has 0 spiro atoms. The van der Waals surface area contributed by atoms with Crippen molar-refractivity contribution in [2.45, 2.75) is 12.8 Å². The molecule has 2 fully saturated rings. The summed E-state index contributed by atoms with van der Waals surface area (Å²) in [6.07, 6.45) is 1.38. The van der Waals surface area contributed by atoms with Gasteiger partial charge in [-0.25, -0.2) is 0 Å². The minimum atomic E-state index is -0.0981. The molecule has 2 saturated heterocycles. The molecular weight excluding hydrogens is 421 g/mol. The van der Waals surface area contributed by atoms with Gasteiger partial charge >= 0.3 is 0 Å². The minimum absolute atomic E-state index is 0.0157. The van der Waals surface area contributed by atoms with Crippen LogP contribution in [-0.2, 0) is 4.79 Å². The van der Waals surface area contributed by atoms with Crippen LogP contribution in [0, 0.1) is 5.92 Å². The molecule has 2 amide bonds. The second-order valence-electron chi connectivity index (χ2n) is 7.84. The van der Waals surface area contributed by atoms with E-state index in [-0.39, 0.29) is 17.7 Å². The van der Waals surface area contributed by atoms with Crippen molar-refractivity contribution in [3.63, 3.8) is 0 Å². The molecule has 2 heterocycles. The van der Waals surface area contributed by atoms with E-state index < -0.39 is 0 Å². The van der Waals surface area contributed by atoms with Gasteiger partial charge in [0.1, 0.15) is 0 Å². The molecule has 30 heavy (non-hydrogen) atoms. The van der Waals surface area contributed by atoms with Gasteiger partial charge in [-0.3, -0.25) is 9.59 Å². The SMILES string of the molecule is O=C(c1ccc(Cl)cc1Cl)N1CCC(C(=O)N2CCN(c3ccccc3)CC2)CC1. The normalized spacial score (nSPS) is 17.9. The van der Waals surface area contributed by atoms with E-state index in [0.717, 1.165) is 26.2 Å². The Hall–Kier alpha value is -2.24. The fourth-order valence-electron chi connectivity index (χ4n) is 4.24. The van der Waals surface area contributed by atoms with E-state index in [1.165, 1.54) is 5.69 Å². The summed E-state index contributed by atoms with van der Waals surface area (Å²) in [4.78, 5) is 31.9. The lowest BCUT2D eigenvalue weighted by atomic mass is 9.94. The highest BCUT2D eigenvalue weighted by molar-refractivity contribution is 6.36. The molecule has 0 bridgehead atoms. The second kappa shape index (κ2) is 9.27. The Labute approximate surface area is 187 Å². The van der Waals surface area contributed by atoms with Crippen molar-refractivity contribution in [3.8, 4) is 0 Å². The Morgan fingerprint density at radius 2 is 1.47 bits per heavy atom. The zero-order chi connectivity index (χ0) is 21.1. The van der Waals surface area contributed by atoms with Crippen molar-refractivity contribution in [1.29, 1.82) is 0 Å². The average Bonchev–Trinajstić information content (AvgIpc) is 2.79. The summed E-state index contributed by atoms with van der Waals surface area (Å²) in [5, 5.41) is 0.871. The van der Waals surface area contributed by atoms with Crippen LogP contribution in [0.2, 0.25) is 10.0 Å². The van der Waals surface area contributed by atoms with Gasteiger partial charge in [0, 0.05) is 55.9 Å². The van der Waals surface area contributed by atoms with Crippen LogP contribution < -0.4 is 4.90 Å². The highest BCUT2D eigenvalue weighted by Crippen LogP contribution is 2.26. The van der Waals surface area contributed by atoms with Crippen LogP contribution in [0.1, 0.15) is 23.2 Å². The van der Waals surface area contributed by atoms with Crippen molar-refractivity contribution < 1.29 is 9.59 Å². The van der Waals surface area contributed by atoms with Crippen molar-refractivity contribution in [1.82, 2.24) is 9.80 Å². The van der Waals surface area contributed by atoms with E-state index in [2.05, 4.69) is 17.0 Å². The molecule has 2 aliphatic rings. The molecule has 0 aliphatic carbocycles. The number of piperidine rings is 1. The summed E-state index contributed by atoms with van der Waals surface area (Å²) in [7, 11) is 0. The first-order chi connectivity index (χ1) is 14.5. The molecule has 0 N–H and O–H groups in total. The van der Waals surface area contributed by atoms with Gasteiger partial charge in [0.05, 0.1) is 10.6 Å². The lowest BCUT2D eigenvalue weighted by Gasteiger charge is -2.39. The molecule has 7 heteroatoms. The van der Waals surface area contributed by atoms with Gasteiger partial charge in [-0.1, -0.05) is 41.4 Å². The van der Waals surface area contributed by atoms with Gasteiger partial charge in [0.25, 0.3) is 5.91 Å². The summed E-state index contributed by atoms with van der Waals surface area (Å²) in [6.45, 7) is 4.32. The van der Waals surface area contributed by atoms with Crippen molar-refractivity contribution in [2.75, 3.05) is 44.2 Å². The number of hydrogen-bond donors (Lipinski definition) is 0. The highest BCUT2D eigenvalue weighted by Gasteiger charge is 2.32. The molecule has 4 rings (SSSR count). The molecule has 0 radical (unpaired) electrons. The quantitative estimate of drug-likeness (QED) is 0.710. The number of amides is 2. The lowest BCUT2D eigenvalue weighted by Crippen LogP contribution is -2.52. The third-order valence-electron chi connectivity index (χ3n) is 6.01. The first kappa shape index (κ1) is 21.0. The van der Waals surface area contributed by atoms with Gasteiger partial charge in [-0.2, -0.15) is 0 Å². The standard InChI is InChI=1S/C23H25Cl2N3O2/c24-18-6-7-20(21(25)16-18)23(30)27-10-8-17(9-11-27)22(29)28-14-12-26(13-15-28)19-4-2-1-3-5-19/h1-7,16-17H,8-15H2. The molecule has 0 saturated carbocycles. The van der Waals surface area contributed by atoms with E-state index in [1.807, 2.05) is 23.1 Å². The third kappa shape index (κ3) is 4.57. The Morgan fingerprint density at radius 1 is 0.800 bits per heavy atom. The van der Waals surface area contributed by atoms with Crippen LogP contribution in [-0.4, -0.2) is 60.9 Å². The van der Waals surface area contributed by atoms with Crippen molar-refractivity contribution in [2.24, 2.45) is 5.92 Å². The van der Waals surface area contributed by atoms with E-state index in [4.69, 9.17) is 23.2 Å². The van der Waals surface area contributed by atoms with E-state index in [9.17, 15) is 9.59 Å². The molecule has 2 aliphatic heterocycles. The summed E-state index contributed by atoms with van der Waals surface area (Å²) in [5.41, 5.74) is 1.67. The number of para-hydroxylation sites is 1. The Balaban J connectivity index is 1.29. The maximum atomic E-state index is 13.0. The van der Waals surface area contributed by atoms with Gasteiger partial charge < -0.3 is 14.7 Å². The fraction of sp³-hybridized carbons (Fsp3) is 0.391. The smallest absolute Gasteiger partial charge is 0.255 e. The summed E-state index contributed by atoms with van der Waals surface area (Å²) < 4.78 is 0. The number of anilines is 1. The largest absolute Gasteiger partial charge is 0.368 e. The number of carbonyl (C=O) groups is 2. The van der Waals surface area contributed by atoms with E-state index >= 15 is 0 Å². The molecular formula is C23H25Cl2N3O2. The van der Waals surface area contributed by atoms with Crippen molar-refractivity contribution in [3.05, 3.63) is 64.1 Å². The second-order valence-corrected chi connectivity index (χ2v) is 8.68. The van der Waals surface area contributed by atoms with Gasteiger partial charge in [0.2, 0.25) is 5.91 Å².